The van der Waals surface area contributed by atoms with Crippen LogP contribution in [0.1, 0.15) is 29.0 Å². The van der Waals surface area contributed by atoms with E-state index in [0.717, 1.165) is 17.2 Å². The van der Waals surface area contributed by atoms with E-state index in [0.29, 0.717) is 37.8 Å². The predicted octanol–water partition coefficient (Wildman–Crippen LogP) is 2.31. The average molecular weight is 422 g/mol. The van der Waals surface area contributed by atoms with Crippen LogP contribution in [-0.2, 0) is 12.7 Å². The fourth-order valence-corrected chi connectivity index (χ4v) is 3.43. The molecule has 0 bridgehead atoms. The number of hydrogen-bond acceptors (Lipinski definition) is 8. The molecule has 3 aromatic heterocycles. The molecule has 0 aliphatic carbocycles. The summed E-state index contributed by atoms with van der Waals surface area (Å²) in [6.45, 7) is 8.49. The Bertz CT molecular complexity index is 1040. The highest BCUT2D eigenvalue weighted by molar-refractivity contribution is 5.45. The Hall–Kier alpha value is -3.02. The summed E-state index contributed by atoms with van der Waals surface area (Å²) >= 11 is 0. The van der Waals surface area contributed by atoms with Crippen molar-refractivity contribution in [1.29, 1.82) is 0 Å². The molecule has 0 aromatic carbocycles. The Kier molecular flexibility index (Phi) is 5.18. The van der Waals surface area contributed by atoms with Gasteiger partial charge in [0.25, 0.3) is 0 Å². The molecule has 9 nitrogen and oxygen atoms in total. The van der Waals surface area contributed by atoms with Crippen LogP contribution in [0.5, 0.6) is 0 Å². The second-order valence-electron chi connectivity index (χ2n) is 7.23. The maximum atomic E-state index is 12.6. The second-order valence-corrected chi connectivity index (χ2v) is 7.23. The van der Waals surface area contributed by atoms with Crippen molar-refractivity contribution in [3.05, 3.63) is 41.1 Å². The van der Waals surface area contributed by atoms with Gasteiger partial charge in [-0.25, -0.2) is 14.6 Å². The normalized spacial score (nSPS) is 15.7. The zero-order valence-electron chi connectivity index (χ0n) is 16.8. The topological polar surface area (TPSA) is 89.0 Å². The molecule has 3 aromatic rings. The third-order valence-electron chi connectivity index (χ3n) is 4.80. The van der Waals surface area contributed by atoms with Crippen LogP contribution in [0.3, 0.4) is 0 Å². The molecule has 160 valence electrons. The van der Waals surface area contributed by atoms with E-state index in [4.69, 9.17) is 4.42 Å². The molecule has 12 heteroatoms. The van der Waals surface area contributed by atoms with Crippen LogP contribution in [-0.4, -0.2) is 61.0 Å². The lowest BCUT2D eigenvalue weighted by atomic mass is 10.3. The van der Waals surface area contributed by atoms with E-state index in [1.807, 2.05) is 37.8 Å². The Labute approximate surface area is 170 Å². The molecule has 0 unspecified atom stereocenters. The fraction of sp³-hybridized carbons (Fsp3) is 0.500. The van der Waals surface area contributed by atoms with Crippen molar-refractivity contribution in [3.8, 4) is 5.82 Å². The number of piperazine rings is 1. The Morgan fingerprint density at radius 3 is 2.27 bits per heavy atom. The number of aryl methyl sites for hydroxylation is 3. The summed E-state index contributed by atoms with van der Waals surface area (Å²) in [6.07, 6.45) is -4.63. The predicted molar refractivity (Wildman–Crippen MR) is 100 cm³/mol. The Morgan fingerprint density at radius 2 is 1.67 bits per heavy atom. The van der Waals surface area contributed by atoms with Crippen molar-refractivity contribution in [2.75, 3.05) is 31.1 Å². The highest BCUT2D eigenvalue weighted by Gasteiger charge is 2.38. The molecule has 1 saturated heterocycles. The monoisotopic (exact) mass is 422 g/mol. The molecule has 4 heterocycles. The van der Waals surface area contributed by atoms with E-state index in [1.165, 1.54) is 0 Å². The third kappa shape index (κ3) is 4.27. The van der Waals surface area contributed by atoms with Crippen LogP contribution >= 0.6 is 0 Å². The van der Waals surface area contributed by atoms with Gasteiger partial charge in [0.15, 0.2) is 5.82 Å². The van der Waals surface area contributed by atoms with Crippen molar-refractivity contribution >= 4 is 5.82 Å². The minimum atomic E-state index is -4.63. The van der Waals surface area contributed by atoms with Crippen LogP contribution in [0.4, 0.5) is 19.0 Å². The second kappa shape index (κ2) is 7.67. The van der Waals surface area contributed by atoms with Crippen molar-refractivity contribution in [2.24, 2.45) is 0 Å². The third-order valence-corrected chi connectivity index (χ3v) is 4.80. The highest BCUT2D eigenvalue weighted by Crippen LogP contribution is 2.28. The number of rotatable bonds is 4. The smallest absolute Gasteiger partial charge is 0.416 e. The molecule has 30 heavy (non-hydrogen) atoms. The maximum Gasteiger partial charge on any atom is 0.470 e. The zero-order valence-corrected chi connectivity index (χ0v) is 16.8. The van der Waals surface area contributed by atoms with E-state index in [-0.39, 0.29) is 12.4 Å². The van der Waals surface area contributed by atoms with Gasteiger partial charge in [0.05, 0.1) is 12.2 Å². The minimum Gasteiger partial charge on any atom is -0.416 e. The zero-order chi connectivity index (χ0) is 21.5. The van der Waals surface area contributed by atoms with Gasteiger partial charge in [0.2, 0.25) is 5.89 Å². The van der Waals surface area contributed by atoms with Crippen LogP contribution in [0, 0.1) is 20.8 Å². The molecule has 0 saturated carbocycles. The maximum absolute atomic E-state index is 12.6. The van der Waals surface area contributed by atoms with E-state index in [2.05, 4.69) is 30.2 Å². The molecule has 0 amide bonds. The van der Waals surface area contributed by atoms with E-state index < -0.39 is 12.1 Å². The quantitative estimate of drug-likeness (QED) is 0.633. The van der Waals surface area contributed by atoms with Gasteiger partial charge in [-0.3, -0.25) is 4.90 Å². The summed E-state index contributed by atoms with van der Waals surface area (Å²) in [7, 11) is 0. The number of nitrogens with zero attached hydrogens (tertiary/aromatic N) is 8. The molecule has 1 aliphatic rings. The molecule has 0 spiro atoms. The molecular formula is C18H21F3N8O. The number of alkyl halides is 3. The van der Waals surface area contributed by atoms with Crippen molar-refractivity contribution in [1.82, 2.24) is 34.8 Å². The van der Waals surface area contributed by atoms with Gasteiger partial charge in [-0.05, 0) is 26.8 Å². The van der Waals surface area contributed by atoms with Crippen LogP contribution < -0.4 is 4.90 Å². The first-order valence-corrected chi connectivity index (χ1v) is 9.45. The summed E-state index contributed by atoms with van der Waals surface area (Å²) < 4.78 is 44.3. The molecule has 1 aliphatic heterocycles. The lowest BCUT2D eigenvalue weighted by molar-refractivity contribution is -0.157. The van der Waals surface area contributed by atoms with Gasteiger partial charge < -0.3 is 9.32 Å². The van der Waals surface area contributed by atoms with Gasteiger partial charge in [0.1, 0.15) is 11.6 Å². The summed E-state index contributed by atoms with van der Waals surface area (Å²) in [5, 5.41) is 11.0. The Morgan fingerprint density at radius 1 is 0.967 bits per heavy atom. The number of aromatic nitrogens is 6. The van der Waals surface area contributed by atoms with E-state index in [1.54, 1.807) is 4.68 Å². The van der Waals surface area contributed by atoms with Gasteiger partial charge in [-0.15, -0.1) is 10.2 Å². The van der Waals surface area contributed by atoms with E-state index in [9.17, 15) is 13.2 Å². The molecule has 4 rings (SSSR count). The summed E-state index contributed by atoms with van der Waals surface area (Å²) in [6, 6.07) is 3.88. The number of halogens is 3. The largest absolute Gasteiger partial charge is 0.470 e. The summed E-state index contributed by atoms with van der Waals surface area (Å²) in [4.78, 5) is 13.1. The van der Waals surface area contributed by atoms with Crippen molar-refractivity contribution < 1.29 is 17.6 Å². The van der Waals surface area contributed by atoms with Crippen LogP contribution in [0.15, 0.2) is 16.5 Å². The lowest BCUT2D eigenvalue weighted by Crippen LogP contribution is -2.46. The van der Waals surface area contributed by atoms with Gasteiger partial charge in [-0.1, -0.05) is 0 Å². The highest BCUT2D eigenvalue weighted by atomic mass is 19.4. The lowest BCUT2D eigenvalue weighted by Gasteiger charge is -2.34. The molecule has 0 N–H and O–H groups in total. The van der Waals surface area contributed by atoms with Crippen molar-refractivity contribution in [3.63, 3.8) is 0 Å². The SMILES string of the molecule is Cc1cc(C)n(-c2cc(N3CCN(Cc4nnc(C(F)(F)F)o4)CC3)nc(C)n2)n1. The minimum absolute atomic E-state index is 0.0412. The van der Waals surface area contributed by atoms with Crippen molar-refractivity contribution in [2.45, 2.75) is 33.5 Å². The van der Waals surface area contributed by atoms with Gasteiger partial charge in [-0.2, -0.15) is 18.3 Å². The average Bonchev–Trinajstić information content (AvgIpc) is 3.28. The fourth-order valence-electron chi connectivity index (χ4n) is 3.43. The molecule has 0 radical (unpaired) electrons. The van der Waals surface area contributed by atoms with Gasteiger partial charge in [0, 0.05) is 37.9 Å². The molecule has 0 atom stereocenters. The number of anilines is 1. The van der Waals surface area contributed by atoms with Crippen LogP contribution in [0.25, 0.3) is 5.82 Å². The molecular weight excluding hydrogens is 401 g/mol. The summed E-state index contributed by atoms with van der Waals surface area (Å²) in [5.74, 6) is 0.783. The van der Waals surface area contributed by atoms with E-state index >= 15 is 0 Å². The van der Waals surface area contributed by atoms with Gasteiger partial charge >= 0.3 is 12.1 Å². The number of hydrogen-bond donors (Lipinski definition) is 0. The first kappa shape index (κ1) is 20.3. The first-order chi connectivity index (χ1) is 14.2. The summed E-state index contributed by atoms with van der Waals surface area (Å²) in [5.41, 5.74) is 1.90. The molecule has 1 fully saturated rings. The Balaban J connectivity index is 1.43. The van der Waals surface area contributed by atoms with Crippen LogP contribution in [0.2, 0.25) is 0 Å². The standard InChI is InChI=1S/C18H21F3N8O/c1-11-8-12(2)29(26-11)15-9-14(22-13(3)23-15)28-6-4-27(5-7-28)10-16-24-25-17(30-16)18(19,20)21/h8-9H,4-7,10H2,1-3H3. The first-order valence-electron chi connectivity index (χ1n) is 9.45.